The summed E-state index contributed by atoms with van der Waals surface area (Å²) < 4.78 is 0. The number of aliphatic hydroxyl groups is 1. The first-order valence-electron chi connectivity index (χ1n) is 6.62. The SMILES string of the molecule is CCC(CCO)CNCC(=O)NC(C)C(C)C. The number of amides is 1. The molecule has 0 aromatic rings. The van der Waals surface area contributed by atoms with Crippen LogP contribution in [0, 0.1) is 11.8 Å². The molecule has 0 aliphatic rings. The van der Waals surface area contributed by atoms with E-state index in [9.17, 15) is 4.79 Å². The molecule has 17 heavy (non-hydrogen) atoms. The van der Waals surface area contributed by atoms with Gasteiger partial charge in [0, 0.05) is 12.6 Å². The molecule has 2 unspecified atom stereocenters. The predicted octanol–water partition coefficient (Wildman–Crippen LogP) is 1.15. The van der Waals surface area contributed by atoms with E-state index in [2.05, 4.69) is 31.4 Å². The summed E-state index contributed by atoms with van der Waals surface area (Å²) in [5, 5.41) is 14.9. The van der Waals surface area contributed by atoms with Crippen LogP contribution in [0.5, 0.6) is 0 Å². The summed E-state index contributed by atoms with van der Waals surface area (Å²) in [6, 6.07) is 0.212. The van der Waals surface area contributed by atoms with Crippen LogP contribution < -0.4 is 10.6 Å². The van der Waals surface area contributed by atoms with Gasteiger partial charge in [-0.3, -0.25) is 4.79 Å². The molecule has 0 rings (SSSR count). The van der Waals surface area contributed by atoms with Gasteiger partial charge < -0.3 is 15.7 Å². The largest absolute Gasteiger partial charge is 0.396 e. The Morgan fingerprint density at radius 2 is 1.94 bits per heavy atom. The Bertz CT molecular complexity index is 208. The predicted molar refractivity (Wildman–Crippen MR) is 70.8 cm³/mol. The summed E-state index contributed by atoms with van der Waals surface area (Å²) in [5.41, 5.74) is 0. The molecular weight excluding hydrogens is 216 g/mol. The molecule has 0 bridgehead atoms. The third kappa shape index (κ3) is 8.16. The van der Waals surface area contributed by atoms with E-state index in [1.807, 2.05) is 6.92 Å². The standard InChI is InChI=1S/C13H28N2O2/c1-5-12(6-7-16)8-14-9-13(17)15-11(4)10(2)3/h10-12,14,16H,5-9H2,1-4H3,(H,15,17). The highest BCUT2D eigenvalue weighted by Crippen LogP contribution is 2.05. The molecule has 0 aliphatic carbocycles. The molecule has 0 heterocycles. The van der Waals surface area contributed by atoms with Crippen LogP contribution in [0.3, 0.4) is 0 Å². The van der Waals surface area contributed by atoms with Gasteiger partial charge in [-0.25, -0.2) is 0 Å². The van der Waals surface area contributed by atoms with Crippen molar-refractivity contribution in [2.24, 2.45) is 11.8 Å². The minimum atomic E-state index is 0.0463. The van der Waals surface area contributed by atoms with Gasteiger partial charge in [0.2, 0.25) is 5.91 Å². The molecule has 0 saturated heterocycles. The number of nitrogens with one attached hydrogen (secondary N) is 2. The monoisotopic (exact) mass is 244 g/mol. The molecule has 1 amide bonds. The van der Waals surface area contributed by atoms with Gasteiger partial charge in [0.25, 0.3) is 0 Å². The zero-order valence-corrected chi connectivity index (χ0v) is 11.6. The van der Waals surface area contributed by atoms with E-state index in [1.165, 1.54) is 0 Å². The number of rotatable bonds is 9. The average Bonchev–Trinajstić information content (AvgIpc) is 2.27. The second kappa shape index (κ2) is 9.42. The van der Waals surface area contributed by atoms with E-state index >= 15 is 0 Å². The van der Waals surface area contributed by atoms with Crippen molar-refractivity contribution in [2.45, 2.75) is 46.6 Å². The summed E-state index contributed by atoms with van der Waals surface area (Å²) in [4.78, 5) is 11.6. The van der Waals surface area contributed by atoms with Crippen LogP contribution in [0.4, 0.5) is 0 Å². The van der Waals surface area contributed by atoms with E-state index in [0.29, 0.717) is 18.4 Å². The number of carbonyl (C=O) groups is 1. The molecule has 4 heteroatoms. The molecule has 0 spiro atoms. The highest BCUT2D eigenvalue weighted by Gasteiger charge is 2.11. The van der Waals surface area contributed by atoms with Gasteiger partial charge in [-0.15, -0.1) is 0 Å². The lowest BCUT2D eigenvalue weighted by Crippen LogP contribution is -2.42. The topological polar surface area (TPSA) is 61.4 Å². The molecule has 0 saturated carbocycles. The summed E-state index contributed by atoms with van der Waals surface area (Å²) in [6.07, 6.45) is 1.82. The first kappa shape index (κ1) is 16.4. The second-order valence-electron chi connectivity index (χ2n) is 5.02. The van der Waals surface area contributed by atoms with Gasteiger partial charge in [0.05, 0.1) is 6.54 Å². The lowest BCUT2D eigenvalue weighted by Gasteiger charge is -2.18. The molecule has 0 radical (unpaired) electrons. The first-order chi connectivity index (χ1) is 8.01. The van der Waals surface area contributed by atoms with E-state index < -0.39 is 0 Å². The van der Waals surface area contributed by atoms with Crippen molar-refractivity contribution in [2.75, 3.05) is 19.7 Å². The van der Waals surface area contributed by atoms with Crippen LogP contribution in [0.25, 0.3) is 0 Å². The van der Waals surface area contributed by atoms with Gasteiger partial charge >= 0.3 is 0 Å². The van der Waals surface area contributed by atoms with Crippen molar-refractivity contribution in [1.82, 2.24) is 10.6 Å². The summed E-state index contributed by atoms with van der Waals surface area (Å²) >= 11 is 0. The summed E-state index contributed by atoms with van der Waals surface area (Å²) in [5.74, 6) is 0.956. The van der Waals surface area contributed by atoms with Crippen LogP contribution in [0.1, 0.15) is 40.5 Å². The van der Waals surface area contributed by atoms with Crippen molar-refractivity contribution in [3.63, 3.8) is 0 Å². The van der Waals surface area contributed by atoms with Crippen LogP contribution in [0.15, 0.2) is 0 Å². The number of aliphatic hydroxyl groups excluding tert-OH is 1. The van der Waals surface area contributed by atoms with Crippen molar-refractivity contribution < 1.29 is 9.90 Å². The normalized spacial score (nSPS) is 14.7. The Balaban J connectivity index is 3.69. The molecule has 102 valence electrons. The summed E-state index contributed by atoms with van der Waals surface area (Å²) in [6.45, 7) is 9.67. The van der Waals surface area contributed by atoms with Crippen molar-refractivity contribution in [1.29, 1.82) is 0 Å². The third-order valence-electron chi connectivity index (χ3n) is 3.22. The van der Waals surface area contributed by atoms with E-state index in [-0.39, 0.29) is 18.6 Å². The average molecular weight is 244 g/mol. The lowest BCUT2D eigenvalue weighted by molar-refractivity contribution is -0.121. The van der Waals surface area contributed by atoms with Gasteiger partial charge in [-0.1, -0.05) is 27.2 Å². The van der Waals surface area contributed by atoms with Crippen molar-refractivity contribution >= 4 is 5.91 Å². The van der Waals surface area contributed by atoms with Crippen LogP contribution in [0.2, 0.25) is 0 Å². The molecule has 0 aliphatic heterocycles. The lowest BCUT2D eigenvalue weighted by atomic mass is 10.0. The van der Waals surface area contributed by atoms with Crippen LogP contribution >= 0.6 is 0 Å². The minimum Gasteiger partial charge on any atom is -0.396 e. The third-order valence-corrected chi connectivity index (χ3v) is 3.22. The van der Waals surface area contributed by atoms with Crippen molar-refractivity contribution in [3.05, 3.63) is 0 Å². The van der Waals surface area contributed by atoms with Crippen LogP contribution in [-0.2, 0) is 4.79 Å². The number of hydrogen-bond donors (Lipinski definition) is 3. The van der Waals surface area contributed by atoms with E-state index in [4.69, 9.17) is 5.11 Å². The molecular formula is C13H28N2O2. The molecule has 3 N–H and O–H groups in total. The highest BCUT2D eigenvalue weighted by molar-refractivity contribution is 5.78. The Kier molecular flexibility index (Phi) is 9.09. The first-order valence-corrected chi connectivity index (χ1v) is 6.62. The Labute approximate surface area is 105 Å². The summed E-state index contributed by atoms with van der Waals surface area (Å²) in [7, 11) is 0. The van der Waals surface area contributed by atoms with Gasteiger partial charge in [-0.05, 0) is 31.7 Å². The fraction of sp³-hybridized carbons (Fsp3) is 0.923. The molecule has 2 atom stereocenters. The second-order valence-corrected chi connectivity index (χ2v) is 5.02. The highest BCUT2D eigenvalue weighted by atomic mass is 16.3. The zero-order valence-electron chi connectivity index (χ0n) is 11.6. The molecule has 0 aromatic carbocycles. The quantitative estimate of drug-likeness (QED) is 0.570. The van der Waals surface area contributed by atoms with Gasteiger partial charge in [-0.2, -0.15) is 0 Å². The van der Waals surface area contributed by atoms with E-state index in [0.717, 1.165) is 19.4 Å². The molecule has 4 nitrogen and oxygen atoms in total. The zero-order chi connectivity index (χ0) is 13.3. The Morgan fingerprint density at radius 1 is 1.29 bits per heavy atom. The number of carbonyl (C=O) groups excluding carboxylic acids is 1. The Morgan fingerprint density at radius 3 is 2.41 bits per heavy atom. The maximum absolute atomic E-state index is 11.6. The van der Waals surface area contributed by atoms with Crippen molar-refractivity contribution in [3.8, 4) is 0 Å². The van der Waals surface area contributed by atoms with Gasteiger partial charge in [0.15, 0.2) is 0 Å². The smallest absolute Gasteiger partial charge is 0.234 e. The number of hydrogen-bond acceptors (Lipinski definition) is 3. The maximum Gasteiger partial charge on any atom is 0.234 e. The minimum absolute atomic E-state index is 0.0463. The fourth-order valence-corrected chi connectivity index (χ4v) is 1.49. The van der Waals surface area contributed by atoms with E-state index in [1.54, 1.807) is 0 Å². The Hall–Kier alpha value is -0.610. The maximum atomic E-state index is 11.6. The van der Waals surface area contributed by atoms with Gasteiger partial charge in [0.1, 0.15) is 0 Å². The molecule has 0 aromatic heterocycles. The van der Waals surface area contributed by atoms with Crippen LogP contribution in [-0.4, -0.2) is 36.8 Å². The fourth-order valence-electron chi connectivity index (χ4n) is 1.49. The molecule has 0 fully saturated rings.